The van der Waals surface area contributed by atoms with E-state index in [4.69, 9.17) is 5.73 Å². The summed E-state index contributed by atoms with van der Waals surface area (Å²) in [4.78, 5) is 4.26. The molecule has 2 atom stereocenters. The lowest BCUT2D eigenvalue weighted by Crippen LogP contribution is -2.19. The molecule has 2 unspecified atom stereocenters. The molecule has 1 aromatic heterocycles. The normalized spacial score (nSPS) is 24.1. The molecule has 3 heteroatoms. The number of nitrogens with one attached hydrogen (secondary N) is 1. The Morgan fingerprint density at radius 2 is 2.47 bits per heavy atom. The van der Waals surface area contributed by atoms with Gasteiger partial charge in [0.2, 0.25) is 0 Å². The number of hydrogen-bond acceptors (Lipinski definition) is 3. The summed E-state index contributed by atoms with van der Waals surface area (Å²) in [6, 6.07) is 4.47. The molecule has 2 rings (SSSR count). The summed E-state index contributed by atoms with van der Waals surface area (Å²) in [5.41, 5.74) is 7.58. The zero-order chi connectivity index (χ0) is 10.7. The predicted molar refractivity (Wildman–Crippen MR) is 62.3 cm³/mol. The minimum absolute atomic E-state index is 0.700. The van der Waals surface area contributed by atoms with E-state index in [0.717, 1.165) is 23.8 Å². The van der Waals surface area contributed by atoms with Gasteiger partial charge in [-0.2, -0.15) is 0 Å². The van der Waals surface area contributed by atoms with E-state index in [9.17, 15) is 0 Å². The third-order valence-electron chi connectivity index (χ3n) is 3.04. The minimum Gasteiger partial charge on any atom is -0.397 e. The van der Waals surface area contributed by atoms with Gasteiger partial charge in [0.05, 0.1) is 11.4 Å². The molecule has 82 valence electrons. The SMILES string of the molecule is CCCC1CC1NCc1ncccc1N. The largest absolute Gasteiger partial charge is 0.397 e. The first-order chi connectivity index (χ1) is 7.31. The fraction of sp³-hybridized carbons (Fsp3) is 0.583. The van der Waals surface area contributed by atoms with Gasteiger partial charge in [-0.3, -0.25) is 4.98 Å². The van der Waals surface area contributed by atoms with Crippen LogP contribution < -0.4 is 11.1 Å². The zero-order valence-electron chi connectivity index (χ0n) is 9.24. The van der Waals surface area contributed by atoms with Crippen molar-refractivity contribution in [3.63, 3.8) is 0 Å². The van der Waals surface area contributed by atoms with Gasteiger partial charge in [-0.05, 0) is 30.9 Å². The van der Waals surface area contributed by atoms with Crippen molar-refractivity contribution in [3.8, 4) is 0 Å². The number of pyridine rings is 1. The van der Waals surface area contributed by atoms with Crippen LogP contribution >= 0.6 is 0 Å². The maximum Gasteiger partial charge on any atom is 0.0770 e. The zero-order valence-corrected chi connectivity index (χ0v) is 9.24. The summed E-state index contributed by atoms with van der Waals surface area (Å²) < 4.78 is 0. The number of nitrogens with two attached hydrogens (primary N) is 1. The smallest absolute Gasteiger partial charge is 0.0770 e. The molecule has 0 amide bonds. The molecule has 3 N–H and O–H groups in total. The highest BCUT2D eigenvalue weighted by Gasteiger charge is 2.35. The van der Waals surface area contributed by atoms with Crippen LogP contribution in [0.15, 0.2) is 18.3 Å². The topological polar surface area (TPSA) is 50.9 Å². The Balaban J connectivity index is 1.78. The van der Waals surface area contributed by atoms with Crippen molar-refractivity contribution in [3.05, 3.63) is 24.0 Å². The molecule has 3 nitrogen and oxygen atoms in total. The van der Waals surface area contributed by atoms with Gasteiger partial charge in [-0.15, -0.1) is 0 Å². The van der Waals surface area contributed by atoms with Gasteiger partial charge in [0, 0.05) is 18.8 Å². The first-order valence-electron chi connectivity index (χ1n) is 5.74. The quantitative estimate of drug-likeness (QED) is 0.772. The number of rotatable bonds is 5. The van der Waals surface area contributed by atoms with E-state index in [1.807, 2.05) is 12.1 Å². The molecule has 1 saturated carbocycles. The number of nitrogens with zero attached hydrogens (tertiary/aromatic N) is 1. The van der Waals surface area contributed by atoms with Crippen LogP contribution in [0.5, 0.6) is 0 Å². The first-order valence-corrected chi connectivity index (χ1v) is 5.74. The number of hydrogen-bond donors (Lipinski definition) is 2. The van der Waals surface area contributed by atoms with Crippen LogP contribution in [0.2, 0.25) is 0 Å². The number of nitrogen functional groups attached to an aromatic ring is 1. The molecule has 0 aliphatic heterocycles. The Morgan fingerprint density at radius 3 is 3.20 bits per heavy atom. The molecule has 1 aliphatic carbocycles. The Labute approximate surface area is 91.1 Å². The molecule has 0 aromatic carbocycles. The van der Waals surface area contributed by atoms with E-state index < -0.39 is 0 Å². The highest BCUT2D eigenvalue weighted by molar-refractivity contribution is 5.41. The molecule has 0 saturated heterocycles. The molecular formula is C12H19N3. The van der Waals surface area contributed by atoms with Crippen LogP contribution in [0.4, 0.5) is 5.69 Å². The van der Waals surface area contributed by atoms with Gasteiger partial charge < -0.3 is 11.1 Å². The van der Waals surface area contributed by atoms with E-state index in [0.29, 0.717) is 6.04 Å². The molecule has 1 aromatic rings. The van der Waals surface area contributed by atoms with Crippen molar-refractivity contribution in [1.82, 2.24) is 10.3 Å². The predicted octanol–water partition coefficient (Wildman–Crippen LogP) is 1.94. The second kappa shape index (κ2) is 4.62. The lowest BCUT2D eigenvalue weighted by Gasteiger charge is -2.05. The van der Waals surface area contributed by atoms with Gasteiger partial charge in [0.1, 0.15) is 0 Å². The molecule has 15 heavy (non-hydrogen) atoms. The second-order valence-corrected chi connectivity index (χ2v) is 4.31. The van der Waals surface area contributed by atoms with Crippen LogP contribution in [0, 0.1) is 5.92 Å². The summed E-state index contributed by atoms with van der Waals surface area (Å²) in [6.07, 6.45) is 5.74. The third-order valence-corrected chi connectivity index (χ3v) is 3.04. The van der Waals surface area contributed by atoms with Crippen molar-refractivity contribution in [1.29, 1.82) is 0 Å². The maximum atomic E-state index is 5.82. The molecular weight excluding hydrogens is 186 g/mol. The van der Waals surface area contributed by atoms with Gasteiger partial charge in [0.25, 0.3) is 0 Å². The Hall–Kier alpha value is -1.09. The van der Waals surface area contributed by atoms with E-state index in [2.05, 4.69) is 17.2 Å². The standard InChI is InChI=1S/C12H19N3/c1-2-4-9-7-11(9)15-8-12-10(13)5-3-6-14-12/h3,5-6,9,11,15H,2,4,7-8,13H2,1H3. The third kappa shape index (κ3) is 2.69. The monoisotopic (exact) mass is 205 g/mol. The summed E-state index contributed by atoms with van der Waals surface area (Å²) in [5.74, 6) is 0.889. The second-order valence-electron chi connectivity index (χ2n) is 4.31. The molecule has 0 bridgehead atoms. The van der Waals surface area contributed by atoms with Crippen molar-refractivity contribution in [2.24, 2.45) is 5.92 Å². The van der Waals surface area contributed by atoms with E-state index >= 15 is 0 Å². The average molecular weight is 205 g/mol. The highest BCUT2D eigenvalue weighted by Crippen LogP contribution is 2.34. The van der Waals surface area contributed by atoms with E-state index in [1.165, 1.54) is 19.3 Å². The lowest BCUT2D eigenvalue weighted by molar-refractivity contribution is 0.595. The Morgan fingerprint density at radius 1 is 1.60 bits per heavy atom. The fourth-order valence-corrected chi connectivity index (χ4v) is 2.01. The Bertz CT molecular complexity index is 324. The Kier molecular flexibility index (Phi) is 3.21. The molecule has 0 spiro atoms. The van der Waals surface area contributed by atoms with Gasteiger partial charge in [-0.25, -0.2) is 0 Å². The maximum absolute atomic E-state index is 5.82. The van der Waals surface area contributed by atoms with E-state index in [1.54, 1.807) is 6.20 Å². The molecule has 1 heterocycles. The van der Waals surface area contributed by atoms with Crippen molar-refractivity contribution in [2.45, 2.75) is 38.8 Å². The van der Waals surface area contributed by atoms with Crippen LogP contribution in [-0.2, 0) is 6.54 Å². The average Bonchev–Trinajstić information content (AvgIpc) is 2.96. The molecule has 0 radical (unpaired) electrons. The van der Waals surface area contributed by atoms with Gasteiger partial charge in [-0.1, -0.05) is 13.3 Å². The fourth-order valence-electron chi connectivity index (χ4n) is 2.01. The van der Waals surface area contributed by atoms with Crippen LogP contribution in [0.1, 0.15) is 31.9 Å². The lowest BCUT2D eigenvalue weighted by atomic mass is 10.2. The first kappa shape index (κ1) is 10.4. The summed E-state index contributed by atoms with van der Waals surface area (Å²) in [5, 5.41) is 3.51. The van der Waals surface area contributed by atoms with Crippen molar-refractivity contribution < 1.29 is 0 Å². The van der Waals surface area contributed by atoms with Crippen LogP contribution in [0.3, 0.4) is 0 Å². The number of anilines is 1. The summed E-state index contributed by atoms with van der Waals surface area (Å²) in [6.45, 7) is 3.05. The van der Waals surface area contributed by atoms with E-state index in [-0.39, 0.29) is 0 Å². The van der Waals surface area contributed by atoms with Gasteiger partial charge >= 0.3 is 0 Å². The van der Waals surface area contributed by atoms with Gasteiger partial charge in [0.15, 0.2) is 0 Å². The van der Waals surface area contributed by atoms with Crippen molar-refractivity contribution in [2.75, 3.05) is 5.73 Å². The van der Waals surface area contributed by atoms with Crippen LogP contribution in [-0.4, -0.2) is 11.0 Å². The molecule has 1 aliphatic rings. The molecule has 1 fully saturated rings. The summed E-state index contributed by atoms with van der Waals surface area (Å²) >= 11 is 0. The summed E-state index contributed by atoms with van der Waals surface area (Å²) in [7, 11) is 0. The number of aromatic nitrogens is 1. The minimum atomic E-state index is 0.700. The highest BCUT2D eigenvalue weighted by atomic mass is 15.0. The van der Waals surface area contributed by atoms with Crippen LogP contribution in [0.25, 0.3) is 0 Å². The van der Waals surface area contributed by atoms with Crippen molar-refractivity contribution >= 4 is 5.69 Å².